The van der Waals surface area contributed by atoms with E-state index in [9.17, 15) is 27.1 Å². The Kier molecular flexibility index (Phi) is 8.79. The van der Waals surface area contributed by atoms with Crippen molar-refractivity contribution < 1.29 is 31.8 Å². The molecular weight excluding hydrogens is 481 g/mol. The van der Waals surface area contributed by atoms with Crippen LogP contribution in [-0.4, -0.2) is 40.5 Å². The first-order valence-corrected chi connectivity index (χ1v) is 10.2. The first-order chi connectivity index (χ1) is 15.8. The molecule has 5 nitrogen and oxygen atoms in total. The Bertz CT molecular complexity index is 1170. The summed E-state index contributed by atoms with van der Waals surface area (Å²) < 4.78 is 70.5. The van der Waals surface area contributed by atoms with Crippen LogP contribution in [0.2, 0.25) is 5.02 Å². The number of fused-ring (bicyclic) bond motifs is 1. The number of hydrogen-bond donors (Lipinski definition) is 2. The van der Waals surface area contributed by atoms with E-state index in [0.717, 1.165) is 6.07 Å². The van der Waals surface area contributed by atoms with Gasteiger partial charge in [0, 0.05) is 35.8 Å². The number of nitrogens with zero attached hydrogens (tertiary/aromatic N) is 2. The van der Waals surface area contributed by atoms with Crippen molar-refractivity contribution in [3.05, 3.63) is 71.2 Å². The van der Waals surface area contributed by atoms with Gasteiger partial charge in [0.1, 0.15) is 23.2 Å². The molecule has 11 heteroatoms. The highest BCUT2D eigenvalue weighted by molar-refractivity contribution is 6.30. The standard InChI is InChI=1S/C16H17F4N3O.C7H6ClFO/c1-9(2)6-15(24,16(18,19)20)8-22-13-4-11(17)5-14-12(13)7-21-10(3)23-14;1-10-5-2-3-7(9)6(8)4-5/h4-5,7,22,24H,1,6,8H2,2-3H3;2-4H,1H3. The minimum atomic E-state index is -4.87. The quantitative estimate of drug-likeness (QED) is 0.308. The molecule has 0 radical (unpaired) electrons. The number of hydrogen-bond acceptors (Lipinski definition) is 5. The fourth-order valence-corrected chi connectivity index (χ4v) is 3.12. The summed E-state index contributed by atoms with van der Waals surface area (Å²) in [5.74, 6) is -0.111. The molecule has 0 aliphatic heterocycles. The number of anilines is 1. The molecule has 1 aromatic heterocycles. The third-order valence-corrected chi connectivity index (χ3v) is 4.90. The fraction of sp³-hybridized carbons (Fsp3) is 0.304. The summed E-state index contributed by atoms with van der Waals surface area (Å²) in [5, 5.41) is 12.9. The Labute approximate surface area is 198 Å². The summed E-state index contributed by atoms with van der Waals surface area (Å²) in [5.41, 5.74) is -2.49. The molecular formula is C23H23ClF5N3O2. The minimum Gasteiger partial charge on any atom is -0.497 e. The van der Waals surface area contributed by atoms with E-state index < -0.39 is 36.4 Å². The zero-order valence-corrected chi connectivity index (χ0v) is 19.4. The monoisotopic (exact) mass is 503 g/mol. The van der Waals surface area contributed by atoms with Gasteiger partial charge in [0.2, 0.25) is 0 Å². The lowest BCUT2D eigenvalue weighted by molar-refractivity contribution is -0.253. The zero-order valence-electron chi connectivity index (χ0n) is 18.6. The number of aromatic nitrogens is 2. The Morgan fingerprint density at radius 2 is 1.88 bits per heavy atom. The lowest BCUT2D eigenvalue weighted by atomic mass is 9.94. The average Bonchev–Trinajstić information content (AvgIpc) is 2.72. The summed E-state index contributed by atoms with van der Waals surface area (Å²) >= 11 is 5.44. The van der Waals surface area contributed by atoms with Gasteiger partial charge in [-0.2, -0.15) is 13.2 Å². The van der Waals surface area contributed by atoms with Crippen LogP contribution in [0.5, 0.6) is 5.75 Å². The summed E-state index contributed by atoms with van der Waals surface area (Å²) in [6, 6.07) is 6.41. The molecule has 3 aromatic rings. The largest absolute Gasteiger partial charge is 0.497 e. The second-order valence-corrected chi connectivity index (χ2v) is 8.01. The van der Waals surface area contributed by atoms with Gasteiger partial charge in [-0.25, -0.2) is 18.7 Å². The van der Waals surface area contributed by atoms with Gasteiger partial charge >= 0.3 is 6.18 Å². The Balaban J connectivity index is 0.000000340. The maximum absolute atomic E-state index is 13.7. The van der Waals surface area contributed by atoms with Crippen LogP contribution in [0.1, 0.15) is 19.2 Å². The number of methoxy groups -OCH3 is 1. The van der Waals surface area contributed by atoms with E-state index in [1.165, 1.54) is 44.5 Å². The highest BCUT2D eigenvalue weighted by Gasteiger charge is 2.53. The van der Waals surface area contributed by atoms with Crippen molar-refractivity contribution in [1.29, 1.82) is 0 Å². The van der Waals surface area contributed by atoms with Gasteiger partial charge in [-0.05, 0) is 32.0 Å². The molecule has 0 aliphatic rings. The minimum absolute atomic E-state index is 0.0781. The second kappa shape index (κ2) is 11.0. The Hall–Kier alpha value is -2.98. The van der Waals surface area contributed by atoms with Crippen molar-refractivity contribution in [3.63, 3.8) is 0 Å². The molecule has 0 amide bonds. The summed E-state index contributed by atoms with van der Waals surface area (Å²) in [6.45, 7) is 5.57. The van der Waals surface area contributed by atoms with Crippen LogP contribution in [0.4, 0.5) is 27.6 Å². The smallest absolute Gasteiger partial charge is 0.419 e. The van der Waals surface area contributed by atoms with Crippen LogP contribution in [0.15, 0.2) is 48.7 Å². The van der Waals surface area contributed by atoms with E-state index in [4.69, 9.17) is 16.3 Å². The van der Waals surface area contributed by atoms with Crippen molar-refractivity contribution in [3.8, 4) is 5.75 Å². The van der Waals surface area contributed by atoms with E-state index in [2.05, 4.69) is 21.9 Å². The molecule has 2 aromatic carbocycles. The van der Waals surface area contributed by atoms with Gasteiger partial charge in [0.25, 0.3) is 0 Å². The number of alkyl halides is 3. The van der Waals surface area contributed by atoms with Gasteiger partial charge < -0.3 is 15.2 Å². The molecule has 184 valence electrons. The first kappa shape index (κ1) is 27.3. The normalized spacial score (nSPS) is 13.0. The van der Waals surface area contributed by atoms with Crippen LogP contribution in [0.25, 0.3) is 10.9 Å². The van der Waals surface area contributed by atoms with Crippen LogP contribution < -0.4 is 10.1 Å². The van der Waals surface area contributed by atoms with Gasteiger partial charge in [0.05, 0.1) is 24.2 Å². The number of halogens is 6. The SMILES string of the molecule is C=C(C)CC(O)(CNc1cc(F)cc2nc(C)ncc12)C(F)(F)F.COc1ccc(F)c(Cl)c1. The van der Waals surface area contributed by atoms with Crippen LogP contribution in [0.3, 0.4) is 0 Å². The number of aryl methyl sites for hydroxylation is 1. The molecule has 0 aliphatic carbocycles. The lowest BCUT2D eigenvalue weighted by Crippen LogP contribution is -2.50. The molecule has 1 unspecified atom stereocenters. The van der Waals surface area contributed by atoms with E-state index in [0.29, 0.717) is 17.0 Å². The number of ether oxygens (including phenoxy) is 1. The van der Waals surface area contributed by atoms with E-state index >= 15 is 0 Å². The lowest BCUT2D eigenvalue weighted by Gasteiger charge is -2.31. The van der Waals surface area contributed by atoms with Crippen molar-refractivity contribution in [2.45, 2.75) is 32.0 Å². The first-order valence-electron chi connectivity index (χ1n) is 9.85. The Morgan fingerprint density at radius 1 is 1.21 bits per heavy atom. The number of rotatable bonds is 6. The van der Waals surface area contributed by atoms with E-state index in [1.807, 2.05) is 0 Å². The molecule has 34 heavy (non-hydrogen) atoms. The molecule has 2 N–H and O–H groups in total. The average molecular weight is 504 g/mol. The molecule has 0 saturated carbocycles. The van der Waals surface area contributed by atoms with Crippen LogP contribution in [-0.2, 0) is 0 Å². The molecule has 3 rings (SSSR count). The van der Waals surface area contributed by atoms with Gasteiger partial charge in [-0.15, -0.1) is 6.58 Å². The maximum Gasteiger partial charge on any atom is 0.419 e. The van der Waals surface area contributed by atoms with E-state index in [1.54, 1.807) is 6.92 Å². The molecule has 0 fully saturated rings. The number of benzene rings is 2. The van der Waals surface area contributed by atoms with Gasteiger partial charge in [-0.3, -0.25) is 0 Å². The maximum atomic E-state index is 13.7. The van der Waals surface area contributed by atoms with Crippen molar-refractivity contribution in [2.75, 3.05) is 19.0 Å². The predicted molar refractivity (Wildman–Crippen MR) is 121 cm³/mol. The third-order valence-electron chi connectivity index (χ3n) is 4.61. The molecule has 0 spiro atoms. The van der Waals surface area contributed by atoms with E-state index in [-0.39, 0.29) is 21.8 Å². The summed E-state index contributed by atoms with van der Waals surface area (Å²) in [7, 11) is 1.50. The highest BCUT2D eigenvalue weighted by atomic mass is 35.5. The third kappa shape index (κ3) is 7.01. The molecule has 0 bridgehead atoms. The molecule has 1 atom stereocenters. The summed E-state index contributed by atoms with van der Waals surface area (Å²) in [6.07, 6.45) is -4.13. The number of aliphatic hydroxyl groups is 1. The zero-order chi connectivity index (χ0) is 25.7. The van der Waals surface area contributed by atoms with Crippen molar-refractivity contribution in [2.24, 2.45) is 0 Å². The fourth-order valence-electron chi connectivity index (χ4n) is 2.95. The van der Waals surface area contributed by atoms with Crippen molar-refractivity contribution in [1.82, 2.24) is 9.97 Å². The number of nitrogens with one attached hydrogen (secondary N) is 1. The molecule has 0 saturated heterocycles. The second-order valence-electron chi connectivity index (χ2n) is 7.60. The van der Waals surface area contributed by atoms with Gasteiger partial charge in [0.15, 0.2) is 5.60 Å². The van der Waals surface area contributed by atoms with Crippen LogP contribution >= 0.6 is 11.6 Å². The van der Waals surface area contributed by atoms with Gasteiger partial charge in [-0.1, -0.05) is 17.2 Å². The predicted octanol–water partition coefficient (Wildman–Crippen LogP) is 6.24. The van der Waals surface area contributed by atoms with Crippen molar-refractivity contribution >= 4 is 28.2 Å². The topological polar surface area (TPSA) is 67.3 Å². The summed E-state index contributed by atoms with van der Waals surface area (Å²) in [4.78, 5) is 8.02. The highest BCUT2D eigenvalue weighted by Crippen LogP contribution is 2.36. The molecule has 1 heterocycles. The van der Waals surface area contributed by atoms with Crippen LogP contribution in [0, 0.1) is 18.6 Å². The Morgan fingerprint density at radius 3 is 2.44 bits per heavy atom.